The smallest absolute Gasteiger partial charge is 0.408 e. The van der Waals surface area contributed by atoms with E-state index in [1.807, 2.05) is 0 Å². The first kappa shape index (κ1) is 23.6. The van der Waals surface area contributed by atoms with Gasteiger partial charge in [0.15, 0.2) is 10.7 Å². The number of hydrogen-bond acceptors (Lipinski definition) is 7. The third-order valence-electron chi connectivity index (χ3n) is 4.89. The van der Waals surface area contributed by atoms with E-state index in [2.05, 4.69) is 27.1 Å². The van der Waals surface area contributed by atoms with Gasteiger partial charge in [-0.15, -0.1) is 0 Å². The second-order valence-electron chi connectivity index (χ2n) is 7.42. The maximum Gasteiger partial charge on any atom is 0.417 e. The van der Waals surface area contributed by atoms with Gasteiger partial charge < -0.3 is 20.6 Å². The number of oxazole rings is 1. The summed E-state index contributed by atoms with van der Waals surface area (Å²) in [6.07, 6.45) is -4.00. The number of nitrogens with two attached hydrogens (primary N) is 1. The molecule has 7 nitrogen and oxygen atoms in total. The fraction of sp³-hybridized carbons (Fsp3) is 0.217. The van der Waals surface area contributed by atoms with E-state index in [1.54, 1.807) is 18.2 Å². The minimum Gasteiger partial charge on any atom is -0.408 e. The zero-order valence-electron chi connectivity index (χ0n) is 17.6. The number of thiazole rings is 1. The van der Waals surface area contributed by atoms with E-state index in [0.29, 0.717) is 45.3 Å². The molecule has 176 valence electrons. The van der Waals surface area contributed by atoms with E-state index in [9.17, 15) is 18.0 Å². The maximum atomic E-state index is 12.7. The molecule has 0 spiro atoms. The summed E-state index contributed by atoms with van der Waals surface area (Å²) in [5, 5.41) is 12.8. The van der Waals surface area contributed by atoms with Crippen molar-refractivity contribution in [1.29, 1.82) is 0 Å². The van der Waals surface area contributed by atoms with E-state index < -0.39 is 17.5 Å². The van der Waals surface area contributed by atoms with Crippen LogP contribution in [-0.2, 0) is 12.6 Å². The molecular weight excluding hydrogens is 469 g/mol. The van der Waals surface area contributed by atoms with Crippen LogP contribution in [0.5, 0.6) is 0 Å². The number of rotatable bonds is 6. The quantitative estimate of drug-likeness (QED) is 0.308. The molecule has 0 aliphatic carbocycles. The van der Waals surface area contributed by atoms with Crippen LogP contribution in [0.3, 0.4) is 0 Å². The standard InChI is InChI=1S/C23H19F3N4O3S/c24-23(25,26)15-6-3-13(4-7-15)10-16(27)12-28-21-29-18(2-1-9-31)20(34-21)14-5-8-17-19(11-14)33-22(32)30-17/h3-8,11,16,31H,9-10,12,27H2,(H,28,29)(H,30,32). The molecule has 0 saturated heterocycles. The van der Waals surface area contributed by atoms with Crippen molar-refractivity contribution in [2.45, 2.75) is 18.6 Å². The molecule has 2 aromatic heterocycles. The van der Waals surface area contributed by atoms with Crippen molar-refractivity contribution in [2.24, 2.45) is 5.73 Å². The van der Waals surface area contributed by atoms with Crippen LogP contribution < -0.4 is 16.8 Å². The number of fused-ring (bicyclic) bond motifs is 1. The van der Waals surface area contributed by atoms with Gasteiger partial charge in [-0.25, -0.2) is 9.78 Å². The van der Waals surface area contributed by atoms with E-state index in [0.717, 1.165) is 17.7 Å². The zero-order valence-corrected chi connectivity index (χ0v) is 18.4. The molecule has 4 rings (SSSR count). The average molecular weight is 488 g/mol. The molecule has 0 aliphatic heterocycles. The topological polar surface area (TPSA) is 117 Å². The van der Waals surface area contributed by atoms with Crippen molar-refractivity contribution in [1.82, 2.24) is 9.97 Å². The first-order valence-electron chi connectivity index (χ1n) is 10.1. The highest BCUT2D eigenvalue weighted by molar-refractivity contribution is 7.19. The summed E-state index contributed by atoms with van der Waals surface area (Å²) in [5.41, 5.74) is 8.28. The molecule has 4 aromatic rings. The molecule has 2 aromatic carbocycles. The van der Waals surface area contributed by atoms with Crippen LogP contribution in [0.25, 0.3) is 21.5 Å². The summed E-state index contributed by atoms with van der Waals surface area (Å²) in [4.78, 5) is 19.2. The number of aromatic nitrogens is 2. The lowest BCUT2D eigenvalue weighted by atomic mass is 10.0. The fourth-order valence-electron chi connectivity index (χ4n) is 3.31. The number of nitrogens with zero attached hydrogens (tertiary/aromatic N) is 1. The number of nitrogens with one attached hydrogen (secondary N) is 2. The van der Waals surface area contributed by atoms with Crippen LogP contribution in [0.1, 0.15) is 16.8 Å². The monoisotopic (exact) mass is 488 g/mol. The Balaban J connectivity index is 1.48. The van der Waals surface area contributed by atoms with Crippen molar-refractivity contribution in [3.8, 4) is 22.3 Å². The number of hydrogen-bond donors (Lipinski definition) is 4. The van der Waals surface area contributed by atoms with E-state index in [-0.39, 0.29) is 12.6 Å². The van der Waals surface area contributed by atoms with Gasteiger partial charge in [0.25, 0.3) is 0 Å². The Labute approximate surface area is 195 Å². The van der Waals surface area contributed by atoms with E-state index >= 15 is 0 Å². The molecule has 0 amide bonds. The summed E-state index contributed by atoms with van der Waals surface area (Å²) < 4.78 is 43.3. The summed E-state index contributed by atoms with van der Waals surface area (Å²) >= 11 is 1.31. The lowest BCUT2D eigenvalue weighted by molar-refractivity contribution is -0.137. The molecule has 11 heteroatoms. The van der Waals surface area contributed by atoms with Crippen LogP contribution in [0.2, 0.25) is 0 Å². The third-order valence-corrected chi connectivity index (χ3v) is 5.95. The van der Waals surface area contributed by atoms with Gasteiger partial charge in [0.05, 0.1) is 16.0 Å². The third kappa shape index (κ3) is 5.48. The lowest BCUT2D eigenvalue weighted by Gasteiger charge is -2.13. The number of benzene rings is 2. The molecule has 34 heavy (non-hydrogen) atoms. The number of aromatic amines is 1. The maximum absolute atomic E-state index is 12.7. The molecule has 0 bridgehead atoms. The lowest BCUT2D eigenvalue weighted by Crippen LogP contribution is -2.31. The molecule has 5 N–H and O–H groups in total. The largest absolute Gasteiger partial charge is 0.417 e. The first-order valence-corrected chi connectivity index (χ1v) is 10.9. The van der Waals surface area contributed by atoms with Gasteiger partial charge in [-0.05, 0) is 47.7 Å². The molecule has 0 fully saturated rings. The Morgan fingerprint density at radius 3 is 2.71 bits per heavy atom. The Morgan fingerprint density at radius 2 is 2.00 bits per heavy atom. The number of aliphatic hydroxyl groups is 1. The number of alkyl halides is 3. The highest BCUT2D eigenvalue weighted by Gasteiger charge is 2.30. The van der Waals surface area contributed by atoms with Gasteiger partial charge in [-0.2, -0.15) is 13.2 Å². The molecule has 0 radical (unpaired) electrons. The predicted octanol–water partition coefficient (Wildman–Crippen LogP) is 3.59. The Morgan fingerprint density at radius 1 is 1.24 bits per heavy atom. The summed E-state index contributed by atoms with van der Waals surface area (Å²) in [5.74, 6) is 4.84. The van der Waals surface area contributed by atoms with Crippen LogP contribution >= 0.6 is 11.3 Å². The molecule has 0 saturated carbocycles. The van der Waals surface area contributed by atoms with Gasteiger partial charge in [0, 0.05) is 12.6 Å². The minimum absolute atomic E-state index is 0.326. The van der Waals surface area contributed by atoms with Crippen molar-refractivity contribution in [2.75, 3.05) is 18.5 Å². The van der Waals surface area contributed by atoms with Crippen LogP contribution in [0.4, 0.5) is 18.3 Å². The summed E-state index contributed by atoms with van der Waals surface area (Å²) in [7, 11) is 0. The first-order chi connectivity index (χ1) is 16.2. The molecular formula is C23H19F3N4O3S. The zero-order chi connectivity index (χ0) is 24.3. The Hall–Kier alpha value is -3.59. The molecule has 1 atom stereocenters. The minimum atomic E-state index is -4.38. The van der Waals surface area contributed by atoms with Gasteiger partial charge in [0.2, 0.25) is 0 Å². The molecule has 0 aliphatic rings. The van der Waals surface area contributed by atoms with Gasteiger partial charge >= 0.3 is 11.9 Å². The predicted molar refractivity (Wildman–Crippen MR) is 124 cm³/mol. The van der Waals surface area contributed by atoms with Crippen molar-refractivity contribution >= 4 is 27.6 Å². The number of H-pyrrole nitrogens is 1. The average Bonchev–Trinajstić information content (AvgIpc) is 3.37. The van der Waals surface area contributed by atoms with E-state index in [4.69, 9.17) is 15.3 Å². The van der Waals surface area contributed by atoms with Gasteiger partial charge in [-0.1, -0.05) is 35.5 Å². The van der Waals surface area contributed by atoms with Crippen LogP contribution in [-0.4, -0.2) is 34.3 Å². The molecule has 1 unspecified atom stereocenters. The van der Waals surface area contributed by atoms with Crippen LogP contribution in [0.15, 0.2) is 51.7 Å². The number of halogens is 3. The normalized spacial score (nSPS) is 12.4. The Bertz CT molecular complexity index is 1410. The van der Waals surface area contributed by atoms with Crippen molar-refractivity contribution in [3.05, 3.63) is 69.8 Å². The SMILES string of the molecule is NC(CNc1nc(C#CCO)c(-c2ccc3[nH]c(=O)oc3c2)s1)Cc1ccc(C(F)(F)F)cc1. The second-order valence-corrected chi connectivity index (χ2v) is 8.42. The summed E-state index contributed by atoms with van der Waals surface area (Å²) in [6, 6.07) is 9.75. The number of aliphatic hydroxyl groups excluding tert-OH is 1. The second kappa shape index (κ2) is 9.72. The van der Waals surface area contributed by atoms with Crippen molar-refractivity contribution in [3.63, 3.8) is 0 Å². The van der Waals surface area contributed by atoms with Crippen LogP contribution in [0, 0.1) is 11.8 Å². The van der Waals surface area contributed by atoms with Crippen molar-refractivity contribution < 1.29 is 22.7 Å². The fourth-order valence-corrected chi connectivity index (χ4v) is 4.23. The number of anilines is 1. The molecule has 2 heterocycles. The highest BCUT2D eigenvalue weighted by Crippen LogP contribution is 2.34. The Kier molecular flexibility index (Phi) is 6.74. The van der Waals surface area contributed by atoms with E-state index in [1.165, 1.54) is 23.5 Å². The highest BCUT2D eigenvalue weighted by atomic mass is 32.1. The summed E-state index contributed by atoms with van der Waals surface area (Å²) in [6.45, 7) is -0.00395. The van der Waals surface area contributed by atoms with Gasteiger partial charge in [-0.3, -0.25) is 4.98 Å². The van der Waals surface area contributed by atoms with Gasteiger partial charge in [0.1, 0.15) is 12.3 Å².